The monoisotopic (exact) mass is 290 g/mol. The van der Waals surface area contributed by atoms with Crippen LogP contribution in [0.1, 0.15) is 50.2 Å². The van der Waals surface area contributed by atoms with Crippen LogP contribution >= 0.6 is 0 Å². The molecule has 0 heterocycles. The van der Waals surface area contributed by atoms with Gasteiger partial charge in [-0.05, 0) is 49.3 Å². The topological polar surface area (TPSA) is 20.2 Å². The Morgan fingerprint density at radius 2 is 1.90 bits per heavy atom. The van der Waals surface area contributed by atoms with E-state index in [2.05, 4.69) is 6.92 Å². The highest BCUT2D eigenvalue weighted by Crippen LogP contribution is 2.39. The molecular formula is C15H18F4O. The molecule has 0 spiro atoms. The molecule has 0 bridgehead atoms. The minimum Gasteiger partial charge on any atom is -0.385 e. The zero-order chi connectivity index (χ0) is 15.0. The van der Waals surface area contributed by atoms with E-state index in [9.17, 15) is 22.7 Å². The van der Waals surface area contributed by atoms with Gasteiger partial charge in [0, 0.05) is 0 Å². The molecule has 2 unspecified atom stereocenters. The molecule has 1 N–H and O–H groups in total. The third-order valence-corrected chi connectivity index (χ3v) is 4.15. The Kier molecular flexibility index (Phi) is 4.09. The molecular weight excluding hydrogens is 272 g/mol. The van der Waals surface area contributed by atoms with E-state index in [1.54, 1.807) is 0 Å². The lowest BCUT2D eigenvalue weighted by Gasteiger charge is -2.27. The summed E-state index contributed by atoms with van der Waals surface area (Å²) in [6, 6.07) is 2.75. The van der Waals surface area contributed by atoms with Crippen LogP contribution in [0.4, 0.5) is 17.6 Å². The predicted molar refractivity (Wildman–Crippen MR) is 67.5 cm³/mol. The van der Waals surface area contributed by atoms with Crippen LogP contribution in [-0.2, 0) is 11.8 Å². The van der Waals surface area contributed by atoms with Gasteiger partial charge in [0.15, 0.2) is 0 Å². The Balaban J connectivity index is 2.31. The fraction of sp³-hybridized carbons (Fsp3) is 0.600. The first-order chi connectivity index (χ1) is 9.22. The molecule has 1 aromatic carbocycles. The Bertz CT molecular complexity index is 483. The molecule has 2 rings (SSSR count). The van der Waals surface area contributed by atoms with E-state index in [-0.39, 0.29) is 5.56 Å². The van der Waals surface area contributed by atoms with E-state index < -0.39 is 23.2 Å². The highest BCUT2D eigenvalue weighted by molar-refractivity contribution is 5.30. The highest BCUT2D eigenvalue weighted by atomic mass is 19.4. The van der Waals surface area contributed by atoms with Crippen LogP contribution in [0.25, 0.3) is 0 Å². The van der Waals surface area contributed by atoms with Crippen LogP contribution in [0.15, 0.2) is 18.2 Å². The van der Waals surface area contributed by atoms with Gasteiger partial charge in [-0.25, -0.2) is 4.39 Å². The van der Waals surface area contributed by atoms with Crippen molar-refractivity contribution in [3.63, 3.8) is 0 Å². The van der Waals surface area contributed by atoms with Gasteiger partial charge in [-0.3, -0.25) is 0 Å². The number of benzene rings is 1. The second-order valence-corrected chi connectivity index (χ2v) is 5.76. The van der Waals surface area contributed by atoms with Gasteiger partial charge in [-0.2, -0.15) is 13.2 Å². The van der Waals surface area contributed by atoms with Gasteiger partial charge in [-0.15, -0.1) is 0 Å². The Morgan fingerprint density at radius 3 is 2.50 bits per heavy atom. The average Bonchev–Trinajstić information content (AvgIpc) is 2.51. The van der Waals surface area contributed by atoms with Crippen molar-refractivity contribution in [2.24, 2.45) is 5.92 Å². The van der Waals surface area contributed by atoms with Gasteiger partial charge in [0.05, 0.1) is 11.2 Å². The zero-order valence-electron chi connectivity index (χ0n) is 11.3. The summed E-state index contributed by atoms with van der Waals surface area (Å²) >= 11 is 0. The average molecular weight is 290 g/mol. The molecule has 2 atom stereocenters. The van der Waals surface area contributed by atoms with Gasteiger partial charge < -0.3 is 5.11 Å². The second kappa shape index (κ2) is 5.35. The SMILES string of the molecule is CC1CCCC(O)(c2ccc(C(F)(F)F)c(F)c2)CC1. The van der Waals surface area contributed by atoms with Gasteiger partial charge in [0.2, 0.25) is 0 Å². The molecule has 1 aliphatic carbocycles. The molecule has 20 heavy (non-hydrogen) atoms. The normalized spacial score (nSPS) is 28.2. The molecule has 0 saturated heterocycles. The quantitative estimate of drug-likeness (QED) is 0.590. The lowest BCUT2D eigenvalue weighted by Crippen LogP contribution is -2.25. The van der Waals surface area contributed by atoms with Crippen LogP contribution < -0.4 is 0 Å². The first-order valence-corrected chi connectivity index (χ1v) is 6.82. The Labute approximate surface area is 115 Å². The lowest BCUT2D eigenvalue weighted by molar-refractivity contribution is -0.140. The van der Waals surface area contributed by atoms with Crippen molar-refractivity contribution in [1.82, 2.24) is 0 Å². The molecule has 0 aromatic heterocycles. The maximum absolute atomic E-state index is 13.6. The summed E-state index contributed by atoms with van der Waals surface area (Å²) in [5.74, 6) is -0.843. The fourth-order valence-electron chi connectivity index (χ4n) is 2.82. The molecule has 5 heteroatoms. The van der Waals surface area contributed by atoms with E-state index in [1.165, 1.54) is 6.07 Å². The third-order valence-electron chi connectivity index (χ3n) is 4.15. The molecule has 0 amide bonds. The summed E-state index contributed by atoms with van der Waals surface area (Å²) in [6.45, 7) is 2.08. The number of halogens is 4. The molecule has 1 aromatic rings. The van der Waals surface area contributed by atoms with Crippen LogP contribution in [0.3, 0.4) is 0 Å². The molecule has 0 aliphatic heterocycles. The number of hydrogen-bond donors (Lipinski definition) is 1. The van der Waals surface area contributed by atoms with Gasteiger partial charge in [-0.1, -0.05) is 19.4 Å². The summed E-state index contributed by atoms with van der Waals surface area (Å²) < 4.78 is 51.2. The summed E-state index contributed by atoms with van der Waals surface area (Å²) in [5.41, 5.74) is -2.25. The van der Waals surface area contributed by atoms with E-state index in [1.807, 2.05) is 0 Å². The molecule has 1 saturated carbocycles. The summed E-state index contributed by atoms with van der Waals surface area (Å²) in [6.07, 6.45) is -1.23. The van der Waals surface area contributed by atoms with Crippen molar-refractivity contribution in [3.8, 4) is 0 Å². The minimum atomic E-state index is -4.71. The van der Waals surface area contributed by atoms with Crippen molar-refractivity contribution in [2.75, 3.05) is 0 Å². The summed E-state index contributed by atoms with van der Waals surface area (Å²) in [7, 11) is 0. The molecule has 1 fully saturated rings. The summed E-state index contributed by atoms with van der Waals surface area (Å²) in [4.78, 5) is 0. The number of hydrogen-bond acceptors (Lipinski definition) is 1. The van der Waals surface area contributed by atoms with E-state index in [0.29, 0.717) is 18.8 Å². The number of alkyl halides is 3. The van der Waals surface area contributed by atoms with Crippen molar-refractivity contribution >= 4 is 0 Å². The summed E-state index contributed by atoms with van der Waals surface area (Å²) in [5, 5.41) is 10.6. The third kappa shape index (κ3) is 3.14. The molecule has 112 valence electrons. The lowest BCUT2D eigenvalue weighted by atomic mass is 9.85. The predicted octanol–water partition coefficient (Wildman–Crippen LogP) is 4.63. The van der Waals surface area contributed by atoms with Gasteiger partial charge >= 0.3 is 6.18 Å². The van der Waals surface area contributed by atoms with Crippen molar-refractivity contribution in [3.05, 3.63) is 35.1 Å². The first-order valence-electron chi connectivity index (χ1n) is 6.82. The Morgan fingerprint density at radius 1 is 1.20 bits per heavy atom. The first kappa shape index (κ1) is 15.3. The number of aliphatic hydroxyl groups is 1. The van der Waals surface area contributed by atoms with Crippen molar-refractivity contribution in [2.45, 2.75) is 50.8 Å². The van der Waals surface area contributed by atoms with Crippen LogP contribution in [0.2, 0.25) is 0 Å². The van der Waals surface area contributed by atoms with E-state index in [0.717, 1.165) is 31.4 Å². The standard InChI is InChI=1S/C15H18F4O/c1-10-3-2-7-14(20,8-6-10)11-4-5-12(13(16)9-11)15(17,18)19/h4-5,9-10,20H,2-3,6-8H2,1H3. The minimum absolute atomic E-state index is 0.247. The maximum Gasteiger partial charge on any atom is 0.419 e. The molecule has 1 nitrogen and oxygen atoms in total. The van der Waals surface area contributed by atoms with E-state index in [4.69, 9.17) is 0 Å². The second-order valence-electron chi connectivity index (χ2n) is 5.76. The van der Waals surface area contributed by atoms with Crippen LogP contribution in [0.5, 0.6) is 0 Å². The maximum atomic E-state index is 13.6. The largest absolute Gasteiger partial charge is 0.419 e. The van der Waals surface area contributed by atoms with Gasteiger partial charge in [0.1, 0.15) is 5.82 Å². The Hall–Kier alpha value is -1.10. The van der Waals surface area contributed by atoms with Gasteiger partial charge in [0.25, 0.3) is 0 Å². The van der Waals surface area contributed by atoms with Crippen molar-refractivity contribution in [1.29, 1.82) is 0 Å². The zero-order valence-corrected chi connectivity index (χ0v) is 11.3. The highest BCUT2D eigenvalue weighted by Gasteiger charge is 2.37. The van der Waals surface area contributed by atoms with Crippen molar-refractivity contribution < 1.29 is 22.7 Å². The number of rotatable bonds is 1. The van der Waals surface area contributed by atoms with E-state index >= 15 is 0 Å². The van der Waals surface area contributed by atoms with Crippen LogP contribution in [-0.4, -0.2) is 5.11 Å². The smallest absolute Gasteiger partial charge is 0.385 e. The fourth-order valence-corrected chi connectivity index (χ4v) is 2.82. The van der Waals surface area contributed by atoms with Crippen LogP contribution in [0, 0.1) is 11.7 Å². The molecule has 0 radical (unpaired) electrons. The molecule has 1 aliphatic rings.